The summed E-state index contributed by atoms with van der Waals surface area (Å²) < 4.78 is 13.3. The van der Waals surface area contributed by atoms with E-state index in [9.17, 15) is 9.59 Å². The Morgan fingerprint density at radius 3 is 2.65 bits per heavy atom. The number of anilines is 1. The van der Waals surface area contributed by atoms with Crippen molar-refractivity contribution in [1.82, 2.24) is 14.8 Å². The number of carbonyl (C=O) groups excluding carboxylic acids is 2. The number of thiocarbonyl (C=S) groups is 1. The molecule has 1 aliphatic heterocycles. The molecule has 1 aliphatic rings. The van der Waals surface area contributed by atoms with Crippen LogP contribution >= 0.6 is 28.1 Å². The van der Waals surface area contributed by atoms with Crippen molar-refractivity contribution < 1.29 is 19.1 Å². The monoisotopic (exact) mass is 584 g/mol. The number of hydrogen-bond acceptors (Lipinski definition) is 5. The lowest BCUT2D eigenvalue weighted by Crippen LogP contribution is -2.31. The number of methoxy groups -OCH3 is 1. The van der Waals surface area contributed by atoms with Gasteiger partial charge in [0.1, 0.15) is 18.0 Å². The molecule has 0 spiro atoms. The van der Waals surface area contributed by atoms with E-state index in [4.69, 9.17) is 21.7 Å². The molecule has 37 heavy (non-hydrogen) atoms. The summed E-state index contributed by atoms with van der Waals surface area (Å²) in [7, 11) is 3.42. The molecular formula is C27H29BrN4O4S. The molecule has 0 bridgehead atoms. The summed E-state index contributed by atoms with van der Waals surface area (Å²) in [6.45, 7) is 3.79. The number of benzene rings is 2. The number of nitrogens with one attached hydrogen (secondary N) is 1. The topological polar surface area (TPSA) is 76.0 Å². The Labute approximate surface area is 229 Å². The highest BCUT2D eigenvalue weighted by Gasteiger charge is 2.37. The summed E-state index contributed by atoms with van der Waals surface area (Å²) in [6.07, 6.45) is 4.46. The number of ether oxygens (including phenoxy) is 2. The van der Waals surface area contributed by atoms with E-state index in [0.29, 0.717) is 36.3 Å². The second-order valence-electron chi connectivity index (χ2n) is 8.51. The van der Waals surface area contributed by atoms with E-state index in [1.54, 1.807) is 19.1 Å². The van der Waals surface area contributed by atoms with Gasteiger partial charge in [-0.2, -0.15) is 0 Å². The van der Waals surface area contributed by atoms with Gasteiger partial charge in [0.25, 0.3) is 5.91 Å². The number of aromatic nitrogens is 1. The average molecular weight is 586 g/mol. The quantitative estimate of drug-likeness (QED) is 0.214. The highest BCUT2D eigenvalue weighted by atomic mass is 79.9. The van der Waals surface area contributed by atoms with Crippen LogP contribution in [0.25, 0.3) is 17.0 Å². The summed E-state index contributed by atoms with van der Waals surface area (Å²) in [5, 5.41) is 4.23. The molecule has 2 aromatic carbocycles. The zero-order valence-corrected chi connectivity index (χ0v) is 23.4. The molecule has 0 atom stereocenters. The van der Waals surface area contributed by atoms with Gasteiger partial charge in [-0.25, -0.2) is 0 Å². The fraction of sp³-hybridized carbons (Fsp3) is 0.296. The number of rotatable bonds is 10. The third-order valence-electron chi connectivity index (χ3n) is 6.00. The second-order valence-corrected chi connectivity index (χ2v) is 9.79. The second kappa shape index (κ2) is 11.9. The Balaban J connectivity index is 1.64. The first kappa shape index (κ1) is 26.8. The van der Waals surface area contributed by atoms with Crippen LogP contribution in [0.2, 0.25) is 0 Å². The van der Waals surface area contributed by atoms with Gasteiger partial charge in [0.2, 0.25) is 5.91 Å². The molecule has 1 N–H and O–H groups in total. The van der Waals surface area contributed by atoms with Crippen LogP contribution in [-0.4, -0.2) is 60.3 Å². The molecule has 0 radical (unpaired) electrons. The first-order valence-corrected chi connectivity index (χ1v) is 13.1. The fourth-order valence-electron chi connectivity index (χ4n) is 4.19. The van der Waals surface area contributed by atoms with Crippen molar-refractivity contribution in [2.45, 2.75) is 19.9 Å². The number of amides is 2. The lowest BCUT2D eigenvalue weighted by atomic mass is 10.1. The van der Waals surface area contributed by atoms with Gasteiger partial charge in [0.05, 0.1) is 12.3 Å². The van der Waals surface area contributed by atoms with Crippen molar-refractivity contribution in [3.05, 3.63) is 64.4 Å². The summed E-state index contributed by atoms with van der Waals surface area (Å²) in [6, 6.07) is 13.2. The lowest BCUT2D eigenvalue weighted by Gasteiger charge is -2.16. The molecule has 1 saturated heterocycles. The van der Waals surface area contributed by atoms with Crippen molar-refractivity contribution in [2.75, 3.05) is 38.8 Å². The number of likely N-dealkylation sites (N-methyl/N-ethyl adjacent to an activating group) is 1. The van der Waals surface area contributed by atoms with E-state index >= 15 is 0 Å². The molecular weight excluding hydrogens is 556 g/mol. The maximum Gasteiger partial charge on any atom is 0.281 e. The zero-order chi connectivity index (χ0) is 26.5. The number of hydrogen-bond donors (Lipinski definition) is 1. The van der Waals surface area contributed by atoms with Gasteiger partial charge < -0.3 is 24.3 Å². The van der Waals surface area contributed by atoms with Crippen molar-refractivity contribution in [3.63, 3.8) is 0 Å². The number of nitrogens with zero attached hydrogens (tertiary/aromatic N) is 3. The predicted octanol–water partition coefficient (Wildman–Crippen LogP) is 4.56. The van der Waals surface area contributed by atoms with Crippen LogP contribution in [0.1, 0.15) is 18.9 Å². The molecule has 4 rings (SSSR count). The normalized spacial score (nSPS) is 14.8. The van der Waals surface area contributed by atoms with Crippen LogP contribution in [0.3, 0.4) is 0 Å². The minimum absolute atomic E-state index is 0.0907. The molecule has 10 heteroatoms. The molecule has 3 aromatic rings. The molecule has 0 unspecified atom stereocenters. The van der Waals surface area contributed by atoms with E-state index in [2.05, 4.69) is 21.2 Å². The van der Waals surface area contributed by atoms with Gasteiger partial charge in [-0.1, -0.05) is 15.9 Å². The summed E-state index contributed by atoms with van der Waals surface area (Å²) in [4.78, 5) is 29.3. The van der Waals surface area contributed by atoms with Crippen LogP contribution in [-0.2, 0) is 20.9 Å². The Bertz CT molecular complexity index is 1350. The van der Waals surface area contributed by atoms with Crippen LogP contribution in [0.15, 0.2) is 58.8 Å². The zero-order valence-electron chi connectivity index (χ0n) is 21.0. The first-order chi connectivity index (χ1) is 17.8. The predicted molar refractivity (Wildman–Crippen MR) is 153 cm³/mol. The van der Waals surface area contributed by atoms with Gasteiger partial charge >= 0.3 is 0 Å². The fourth-order valence-corrected chi connectivity index (χ4v) is 4.84. The molecule has 194 valence electrons. The molecule has 2 heterocycles. The molecule has 2 amide bonds. The molecule has 1 aromatic heterocycles. The third kappa shape index (κ3) is 5.87. The summed E-state index contributed by atoms with van der Waals surface area (Å²) in [5.41, 5.74) is 2.82. The highest BCUT2D eigenvalue weighted by Crippen LogP contribution is 2.32. The highest BCUT2D eigenvalue weighted by molar-refractivity contribution is 9.10. The van der Waals surface area contributed by atoms with Crippen LogP contribution in [0.5, 0.6) is 5.75 Å². The van der Waals surface area contributed by atoms with Gasteiger partial charge in [0, 0.05) is 54.4 Å². The lowest BCUT2D eigenvalue weighted by molar-refractivity contribution is -0.121. The molecule has 1 fully saturated rings. The number of fused-ring (bicyclic) bond motifs is 1. The smallest absolute Gasteiger partial charge is 0.281 e. The molecule has 0 saturated carbocycles. The van der Waals surface area contributed by atoms with Gasteiger partial charge in [-0.3, -0.25) is 14.5 Å². The average Bonchev–Trinajstić information content (AvgIpc) is 3.31. The van der Waals surface area contributed by atoms with Gasteiger partial charge in [-0.15, -0.1) is 0 Å². The first-order valence-electron chi connectivity index (χ1n) is 11.9. The number of carbonyl (C=O) groups is 2. The van der Waals surface area contributed by atoms with Gasteiger partial charge in [-0.05, 0) is 74.1 Å². The summed E-state index contributed by atoms with van der Waals surface area (Å²) in [5.74, 6) is 0.421. The van der Waals surface area contributed by atoms with Crippen LogP contribution < -0.4 is 15.0 Å². The Morgan fingerprint density at radius 1 is 1.19 bits per heavy atom. The van der Waals surface area contributed by atoms with Crippen molar-refractivity contribution in [2.24, 2.45) is 0 Å². The largest absolute Gasteiger partial charge is 0.494 e. The van der Waals surface area contributed by atoms with E-state index < -0.39 is 0 Å². The third-order valence-corrected chi connectivity index (χ3v) is 6.94. The van der Waals surface area contributed by atoms with Crippen LogP contribution in [0.4, 0.5) is 5.69 Å². The standard InChI is InChI=1S/C27H29BrN4O4S/c1-4-36-21-9-7-20(8-10-21)32-26(34)24(30(2)27(32)37)14-18-16-31(17-25(33)29-12-5-13-35-3)23-11-6-19(28)15-22(18)23/h6-11,14-16H,4-5,12-13,17H2,1-3H3,(H,29,33)/b24-14-. The Morgan fingerprint density at radius 2 is 1.95 bits per heavy atom. The van der Waals surface area contributed by atoms with Crippen molar-refractivity contribution in [3.8, 4) is 5.75 Å². The SMILES string of the molecule is CCOc1ccc(N2C(=O)/C(=C/c3cn(CC(=O)NCCCOC)c4ccc(Br)cc34)N(C)C2=S)cc1. The van der Waals surface area contributed by atoms with E-state index in [1.807, 2.05) is 66.2 Å². The minimum Gasteiger partial charge on any atom is -0.494 e. The van der Waals surface area contributed by atoms with E-state index in [-0.39, 0.29) is 18.4 Å². The number of halogens is 1. The van der Waals surface area contributed by atoms with E-state index in [1.165, 1.54) is 4.90 Å². The molecule has 0 aliphatic carbocycles. The van der Waals surface area contributed by atoms with Crippen LogP contribution in [0, 0.1) is 0 Å². The molecule has 8 nitrogen and oxygen atoms in total. The maximum atomic E-state index is 13.5. The van der Waals surface area contributed by atoms with Gasteiger partial charge in [0.15, 0.2) is 5.11 Å². The summed E-state index contributed by atoms with van der Waals surface area (Å²) >= 11 is 9.16. The Kier molecular flexibility index (Phi) is 8.63. The maximum absolute atomic E-state index is 13.5. The minimum atomic E-state index is -0.219. The van der Waals surface area contributed by atoms with Crippen molar-refractivity contribution >= 4 is 67.7 Å². The van der Waals surface area contributed by atoms with E-state index in [0.717, 1.165) is 33.1 Å². The Hall–Kier alpha value is -3.21. The van der Waals surface area contributed by atoms with Crippen molar-refractivity contribution in [1.29, 1.82) is 0 Å².